The van der Waals surface area contributed by atoms with Crippen molar-refractivity contribution < 1.29 is 14.0 Å². The first-order chi connectivity index (χ1) is 10.5. The van der Waals surface area contributed by atoms with Crippen molar-refractivity contribution in [2.45, 2.75) is 6.92 Å². The standard InChI is InChI=1S/C16H14ClFN2O2/c1-10-5-6-13(18)8-14(10)20-15(21)9-19-16(22)11-3-2-4-12(17)7-11/h2-8H,9H2,1H3,(H,19,22)(H,20,21). The lowest BCUT2D eigenvalue weighted by Gasteiger charge is -2.09. The monoisotopic (exact) mass is 320 g/mol. The lowest BCUT2D eigenvalue weighted by Crippen LogP contribution is -2.33. The average molecular weight is 321 g/mol. The molecule has 0 aliphatic rings. The van der Waals surface area contributed by atoms with Crippen molar-refractivity contribution in [2.24, 2.45) is 0 Å². The van der Waals surface area contributed by atoms with E-state index in [0.29, 0.717) is 16.3 Å². The van der Waals surface area contributed by atoms with E-state index >= 15 is 0 Å². The predicted octanol–water partition coefficient (Wildman–Crippen LogP) is 3.16. The number of anilines is 1. The summed E-state index contributed by atoms with van der Waals surface area (Å²) < 4.78 is 13.1. The van der Waals surface area contributed by atoms with E-state index in [2.05, 4.69) is 10.6 Å². The van der Waals surface area contributed by atoms with Crippen LogP contribution in [-0.4, -0.2) is 18.4 Å². The Bertz CT molecular complexity index is 719. The Morgan fingerprint density at radius 2 is 1.95 bits per heavy atom. The molecule has 0 fully saturated rings. The van der Waals surface area contributed by atoms with Gasteiger partial charge in [-0.15, -0.1) is 0 Å². The summed E-state index contributed by atoms with van der Waals surface area (Å²) in [5.41, 5.74) is 1.47. The summed E-state index contributed by atoms with van der Waals surface area (Å²) in [6.45, 7) is 1.53. The molecule has 2 aromatic rings. The van der Waals surface area contributed by atoms with Crippen LogP contribution in [-0.2, 0) is 4.79 Å². The van der Waals surface area contributed by atoms with Crippen molar-refractivity contribution in [1.82, 2.24) is 5.32 Å². The highest BCUT2D eigenvalue weighted by Crippen LogP contribution is 2.15. The molecule has 2 aromatic carbocycles. The van der Waals surface area contributed by atoms with Gasteiger partial charge >= 0.3 is 0 Å². The van der Waals surface area contributed by atoms with E-state index in [-0.39, 0.29) is 6.54 Å². The zero-order valence-electron chi connectivity index (χ0n) is 11.8. The van der Waals surface area contributed by atoms with Crippen LogP contribution in [0, 0.1) is 12.7 Å². The quantitative estimate of drug-likeness (QED) is 0.909. The summed E-state index contributed by atoms with van der Waals surface area (Å²) in [6.07, 6.45) is 0. The van der Waals surface area contributed by atoms with Gasteiger partial charge < -0.3 is 10.6 Å². The Hall–Kier alpha value is -2.40. The van der Waals surface area contributed by atoms with Gasteiger partial charge in [-0.3, -0.25) is 9.59 Å². The molecule has 0 saturated heterocycles. The molecule has 0 unspecified atom stereocenters. The molecule has 0 aliphatic carbocycles. The Morgan fingerprint density at radius 3 is 2.68 bits per heavy atom. The number of aryl methyl sites for hydroxylation is 1. The van der Waals surface area contributed by atoms with Gasteiger partial charge in [-0.1, -0.05) is 23.7 Å². The molecule has 2 rings (SSSR count). The molecule has 0 radical (unpaired) electrons. The first-order valence-electron chi connectivity index (χ1n) is 6.55. The van der Waals surface area contributed by atoms with Crippen LogP contribution >= 0.6 is 11.6 Å². The zero-order chi connectivity index (χ0) is 16.1. The third kappa shape index (κ3) is 4.30. The summed E-state index contributed by atoms with van der Waals surface area (Å²) in [5, 5.41) is 5.46. The minimum atomic E-state index is -0.441. The maximum atomic E-state index is 13.1. The van der Waals surface area contributed by atoms with Crippen molar-refractivity contribution in [2.75, 3.05) is 11.9 Å². The average Bonchev–Trinajstić information content (AvgIpc) is 2.48. The van der Waals surface area contributed by atoms with Crippen LogP contribution in [0.25, 0.3) is 0 Å². The fraction of sp³-hybridized carbons (Fsp3) is 0.125. The number of hydrogen-bond donors (Lipinski definition) is 2. The Kier molecular flexibility index (Phi) is 5.12. The van der Waals surface area contributed by atoms with Crippen LogP contribution in [0.3, 0.4) is 0 Å². The highest BCUT2D eigenvalue weighted by Gasteiger charge is 2.10. The maximum absolute atomic E-state index is 13.1. The Labute approximate surface area is 132 Å². The molecule has 2 amide bonds. The van der Waals surface area contributed by atoms with E-state index in [1.165, 1.54) is 18.2 Å². The molecule has 0 atom stereocenters. The number of nitrogens with one attached hydrogen (secondary N) is 2. The molecule has 0 bridgehead atoms. The number of carbonyl (C=O) groups excluding carboxylic acids is 2. The van der Waals surface area contributed by atoms with Gasteiger partial charge in [0.05, 0.1) is 6.54 Å². The fourth-order valence-electron chi connectivity index (χ4n) is 1.82. The van der Waals surface area contributed by atoms with Crippen molar-refractivity contribution in [3.63, 3.8) is 0 Å². The van der Waals surface area contributed by atoms with Crippen molar-refractivity contribution in [1.29, 1.82) is 0 Å². The summed E-state index contributed by atoms with van der Waals surface area (Å²) in [6, 6.07) is 10.5. The number of benzene rings is 2. The molecule has 2 N–H and O–H groups in total. The Balaban J connectivity index is 1.93. The zero-order valence-corrected chi connectivity index (χ0v) is 12.6. The molecule has 4 nitrogen and oxygen atoms in total. The number of halogens is 2. The van der Waals surface area contributed by atoms with Crippen molar-refractivity contribution >= 4 is 29.1 Å². The highest BCUT2D eigenvalue weighted by atomic mass is 35.5. The number of rotatable bonds is 4. The number of amides is 2. The van der Waals surface area contributed by atoms with Crippen LogP contribution in [0.5, 0.6) is 0 Å². The van der Waals surface area contributed by atoms with Gasteiger partial charge in [-0.2, -0.15) is 0 Å². The third-order valence-corrected chi connectivity index (χ3v) is 3.21. The van der Waals surface area contributed by atoms with Crippen LogP contribution in [0.1, 0.15) is 15.9 Å². The number of hydrogen-bond acceptors (Lipinski definition) is 2. The lowest BCUT2D eigenvalue weighted by atomic mass is 10.2. The topological polar surface area (TPSA) is 58.2 Å². The van der Waals surface area contributed by atoms with Gasteiger partial charge in [0.15, 0.2) is 0 Å². The minimum absolute atomic E-state index is 0.221. The van der Waals surface area contributed by atoms with E-state index in [1.807, 2.05) is 0 Å². The molecule has 6 heteroatoms. The molecule has 0 aliphatic heterocycles. The third-order valence-electron chi connectivity index (χ3n) is 2.97. The molecule has 114 valence electrons. The summed E-state index contributed by atoms with van der Waals surface area (Å²) in [7, 11) is 0. The number of carbonyl (C=O) groups is 2. The van der Waals surface area contributed by atoms with Crippen molar-refractivity contribution in [3.05, 3.63) is 64.4 Å². The first-order valence-corrected chi connectivity index (χ1v) is 6.93. The van der Waals surface area contributed by atoms with E-state index in [9.17, 15) is 14.0 Å². The van der Waals surface area contributed by atoms with Gasteiger partial charge in [0, 0.05) is 16.3 Å². The van der Waals surface area contributed by atoms with Crippen LogP contribution in [0.2, 0.25) is 5.02 Å². The smallest absolute Gasteiger partial charge is 0.251 e. The van der Waals surface area contributed by atoms with Crippen molar-refractivity contribution in [3.8, 4) is 0 Å². The second kappa shape index (κ2) is 7.04. The highest BCUT2D eigenvalue weighted by molar-refractivity contribution is 6.31. The van der Waals surface area contributed by atoms with Gasteiger partial charge in [0.1, 0.15) is 5.82 Å². The summed E-state index contributed by atoms with van der Waals surface area (Å²) in [4.78, 5) is 23.7. The molecule has 0 heterocycles. The Morgan fingerprint density at radius 1 is 1.18 bits per heavy atom. The summed E-state index contributed by atoms with van der Waals surface area (Å²) in [5.74, 6) is -1.29. The van der Waals surface area contributed by atoms with Crippen LogP contribution in [0.4, 0.5) is 10.1 Å². The van der Waals surface area contributed by atoms with E-state index in [1.54, 1.807) is 31.2 Å². The van der Waals surface area contributed by atoms with E-state index in [0.717, 1.165) is 5.56 Å². The molecule has 0 spiro atoms. The summed E-state index contributed by atoms with van der Waals surface area (Å²) >= 11 is 5.80. The first kappa shape index (κ1) is 16.0. The van der Waals surface area contributed by atoms with E-state index in [4.69, 9.17) is 11.6 Å². The predicted molar refractivity (Wildman–Crippen MR) is 83.6 cm³/mol. The van der Waals surface area contributed by atoms with Gasteiger partial charge in [-0.05, 0) is 42.8 Å². The molecule has 22 heavy (non-hydrogen) atoms. The van der Waals surface area contributed by atoms with Gasteiger partial charge in [-0.25, -0.2) is 4.39 Å². The maximum Gasteiger partial charge on any atom is 0.251 e. The van der Waals surface area contributed by atoms with Crippen LogP contribution in [0.15, 0.2) is 42.5 Å². The fourth-order valence-corrected chi connectivity index (χ4v) is 2.01. The van der Waals surface area contributed by atoms with Crippen LogP contribution < -0.4 is 10.6 Å². The largest absolute Gasteiger partial charge is 0.343 e. The second-order valence-electron chi connectivity index (χ2n) is 4.70. The second-order valence-corrected chi connectivity index (χ2v) is 5.14. The molecule has 0 aromatic heterocycles. The van der Waals surface area contributed by atoms with Gasteiger partial charge in [0.2, 0.25) is 5.91 Å². The molecular formula is C16H14ClFN2O2. The lowest BCUT2D eigenvalue weighted by molar-refractivity contribution is -0.115. The molecular weight excluding hydrogens is 307 g/mol. The normalized spacial score (nSPS) is 10.1. The van der Waals surface area contributed by atoms with E-state index < -0.39 is 17.6 Å². The van der Waals surface area contributed by atoms with Gasteiger partial charge in [0.25, 0.3) is 5.91 Å². The minimum Gasteiger partial charge on any atom is -0.343 e. The SMILES string of the molecule is Cc1ccc(F)cc1NC(=O)CNC(=O)c1cccc(Cl)c1. The molecule has 0 saturated carbocycles.